The highest BCUT2D eigenvalue weighted by Gasteiger charge is 2.36. The number of hydrogen-bond donors (Lipinski definition) is 1. The molecule has 172 valence electrons. The van der Waals surface area contributed by atoms with Gasteiger partial charge in [0.15, 0.2) is 0 Å². The summed E-state index contributed by atoms with van der Waals surface area (Å²) < 4.78 is 46.0. The second-order valence-electron chi connectivity index (χ2n) is 7.69. The maximum Gasteiger partial charge on any atom is 0.417 e. The fourth-order valence-electron chi connectivity index (χ4n) is 4.04. The summed E-state index contributed by atoms with van der Waals surface area (Å²) in [5, 5.41) is 13.3. The third-order valence-corrected chi connectivity index (χ3v) is 5.92. The number of fused-ring (bicyclic) bond motifs is 2. The normalized spacial score (nSPS) is 16.2. The molecule has 13 heteroatoms. The van der Waals surface area contributed by atoms with Gasteiger partial charge in [0.25, 0.3) is 5.89 Å². The Hall–Kier alpha value is -3.93. The van der Waals surface area contributed by atoms with Crippen molar-refractivity contribution in [1.82, 2.24) is 34.8 Å². The van der Waals surface area contributed by atoms with E-state index >= 15 is 0 Å². The predicted molar refractivity (Wildman–Crippen MR) is 114 cm³/mol. The Morgan fingerprint density at radius 3 is 2.76 bits per heavy atom. The molecule has 1 aliphatic rings. The van der Waals surface area contributed by atoms with Crippen molar-refractivity contribution in [3.63, 3.8) is 0 Å². The Labute approximate surface area is 194 Å². The molecule has 0 radical (unpaired) electrons. The van der Waals surface area contributed by atoms with Gasteiger partial charge in [-0.05, 0) is 30.3 Å². The van der Waals surface area contributed by atoms with E-state index in [4.69, 9.17) is 16.0 Å². The summed E-state index contributed by atoms with van der Waals surface area (Å²) in [6, 6.07) is 9.23. The van der Waals surface area contributed by atoms with E-state index < -0.39 is 17.8 Å². The first-order chi connectivity index (χ1) is 16.4. The van der Waals surface area contributed by atoms with Gasteiger partial charge in [0.05, 0.1) is 28.8 Å². The molecule has 9 nitrogen and oxygen atoms in total. The first-order valence-electron chi connectivity index (χ1n) is 10.2. The quantitative estimate of drug-likeness (QED) is 0.379. The molecule has 0 spiro atoms. The number of hydrogen-bond acceptors (Lipinski definition) is 7. The molecule has 34 heavy (non-hydrogen) atoms. The van der Waals surface area contributed by atoms with Crippen LogP contribution >= 0.6 is 11.6 Å². The predicted octanol–water partition coefficient (Wildman–Crippen LogP) is 4.33. The van der Waals surface area contributed by atoms with Crippen molar-refractivity contribution >= 4 is 23.1 Å². The molecule has 1 atom stereocenters. The third-order valence-electron chi connectivity index (χ3n) is 5.63. The smallest absolute Gasteiger partial charge is 0.402 e. The number of rotatable bonds is 3. The highest BCUT2D eigenvalue weighted by molar-refractivity contribution is 6.29. The van der Waals surface area contributed by atoms with Crippen LogP contribution in [0.4, 0.5) is 19.2 Å². The number of pyridine rings is 2. The topological polar surface area (TPSA) is 101 Å². The van der Waals surface area contributed by atoms with Gasteiger partial charge in [-0.25, -0.2) is 9.50 Å². The van der Waals surface area contributed by atoms with Gasteiger partial charge in [0.2, 0.25) is 0 Å². The van der Waals surface area contributed by atoms with E-state index in [2.05, 4.69) is 30.2 Å². The second kappa shape index (κ2) is 7.55. The summed E-state index contributed by atoms with van der Waals surface area (Å²) in [5.74, 6) is 0.00773. The van der Waals surface area contributed by atoms with Crippen LogP contribution in [0.2, 0.25) is 5.15 Å². The van der Waals surface area contributed by atoms with Gasteiger partial charge in [-0.1, -0.05) is 22.8 Å². The van der Waals surface area contributed by atoms with Crippen molar-refractivity contribution in [3.05, 3.63) is 76.7 Å². The zero-order chi connectivity index (χ0) is 23.4. The van der Waals surface area contributed by atoms with Crippen LogP contribution in [0.5, 0.6) is 0 Å². The fourth-order valence-corrected chi connectivity index (χ4v) is 4.25. The van der Waals surface area contributed by atoms with Crippen molar-refractivity contribution in [2.45, 2.75) is 18.6 Å². The molecule has 6 rings (SSSR count). The van der Waals surface area contributed by atoms with Gasteiger partial charge in [-0.15, -0.1) is 5.10 Å². The van der Waals surface area contributed by atoms with Gasteiger partial charge < -0.3 is 14.3 Å². The lowest BCUT2D eigenvalue weighted by molar-refractivity contribution is -0.137. The van der Waals surface area contributed by atoms with Crippen LogP contribution in [0, 0.1) is 0 Å². The van der Waals surface area contributed by atoms with Crippen LogP contribution in [-0.2, 0) is 12.6 Å². The Balaban J connectivity index is 1.39. The van der Waals surface area contributed by atoms with Crippen LogP contribution < -0.4 is 4.90 Å². The molecular weight excluding hydrogens is 473 g/mol. The largest absolute Gasteiger partial charge is 0.417 e. The summed E-state index contributed by atoms with van der Waals surface area (Å²) in [4.78, 5) is 13.3. The van der Waals surface area contributed by atoms with E-state index in [9.17, 15) is 13.2 Å². The maximum atomic E-state index is 12.8. The van der Waals surface area contributed by atoms with Crippen molar-refractivity contribution in [1.29, 1.82) is 0 Å². The third kappa shape index (κ3) is 3.37. The number of anilines is 1. The number of nitrogens with one attached hydrogen (secondary N) is 1. The Bertz CT molecular complexity index is 1490. The minimum Gasteiger partial charge on any atom is -0.402 e. The summed E-state index contributed by atoms with van der Waals surface area (Å²) in [6.45, 7) is 0.517. The van der Waals surface area contributed by atoms with Gasteiger partial charge in [-0.2, -0.15) is 18.3 Å². The SMILES string of the molecule is FC(F)(F)c1ccc(-c2nnc(N3CCc4[nH]cnc4[C@@H]3c3cc4cccc(Cl)n4n3)o2)nc1. The molecule has 0 aliphatic carbocycles. The van der Waals surface area contributed by atoms with Crippen LogP contribution in [0.1, 0.15) is 28.7 Å². The number of aromatic amines is 1. The van der Waals surface area contributed by atoms with E-state index in [1.54, 1.807) is 16.9 Å². The standard InChI is InChI=1S/C21H14ClF3N8O/c22-16-3-1-2-12-8-15(31-33(12)16)18-17-13(27-10-28-17)6-7-32(18)20-30-29-19(34-20)14-5-4-11(9-26-14)21(23,24)25/h1-5,8-10,18H,6-7H2,(H,27,28)/t18-/m0/s1. The Morgan fingerprint density at radius 1 is 1.12 bits per heavy atom. The number of nitrogens with zero attached hydrogens (tertiary/aromatic N) is 7. The highest BCUT2D eigenvalue weighted by Crippen LogP contribution is 2.37. The van der Waals surface area contributed by atoms with Crippen molar-refractivity contribution in [2.75, 3.05) is 11.4 Å². The molecule has 1 aliphatic heterocycles. The van der Waals surface area contributed by atoms with Crippen LogP contribution in [-0.4, -0.2) is 41.3 Å². The molecule has 6 heterocycles. The Kier molecular flexibility index (Phi) is 4.59. The summed E-state index contributed by atoms with van der Waals surface area (Å²) in [7, 11) is 0. The van der Waals surface area contributed by atoms with E-state index in [0.717, 1.165) is 29.2 Å². The number of aromatic nitrogens is 7. The average molecular weight is 487 g/mol. The van der Waals surface area contributed by atoms with Gasteiger partial charge >= 0.3 is 12.2 Å². The van der Waals surface area contributed by atoms with E-state index in [-0.39, 0.29) is 17.6 Å². The maximum absolute atomic E-state index is 12.8. The van der Waals surface area contributed by atoms with Crippen LogP contribution in [0.25, 0.3) is 17.1 Å². The summed E-state index contributed by atoms with van der Waals surface area (Å²) in [6.07, 6.45) is -1.48. The number of halogens is 4. The first kappa shape index (κ1) is 20.7. The molecule has 0 aromatic carbocycles. The van der Waals surface area contributed by atoms with Crippen molar-refractivity contribution in [2.24, 2.45) is 0 Å². The molecule has 0 saturated carbocycles. The number of imidazole rings is 1. The van der Waals surface area contributed by atoms with Crippen molar-refractivity contribution < 1.29 is 17.6 Å². The molecule has 5 aromatic heterocycles. The van der Waals surface area contributed by atoms with Crippen LogP contribution in [0.15, 0.2) is 53.3 Å². The molecule has 0 bridgehead atoms. The van der Waals surface area contributed by atoms with E-state index in [1.165, 1.54) is 6.07 Å². The first-order valence-corrected chi connectivity index (χ1v) is 10.6. The molecular formula is C21H14ClF3N8O. The monoisotopic (exact) mass is 486 g/mol. The lowest BCUT2D eigenvalue weighted by atomic mass is 10.0. The minimum atomic E-state index is -4.48. The van der Waals surface area contributed by atoms with E-state index in [0.29, 0.717) is 23.8 Å². The molecule has 5 aromatic rings. The molecule has 0 amide bonds. The second-order valence-corrected chi connectivity index (χ2v) is 8.07. The summed E-state index contributed by atoms with van der Waals surface area (Å²) in [5.41, 5.74) is 2.49. The van der Waals surface area contributed by atoms with Gasteiger partial charge in [0.1, 0.15) is 16.9 Å². The number of alkyl halides is 3. The van der Waals surface area contributed by atoms with Gasteiger partial charge in [-0.3, -0.25) is 4.98 Å². The molecule has 0 fully saturated rings. The molecule has 0 unspecified atom stereocenters. The van der Waals surface area contributed by atoms with Crippen LogP contribution in [0.3, 0.4) is 0 Å². The molecule has 0 saturated heterocycles. The average Bonchev–Trinajstić information content (AvgIpc) is 3.57. The lowest BCUT2D eigenvalue weighted by Gasteiger charge is -2.32. The van der Waals surface area contributed by atoms with Crippen molar-refractivity contribution in [3.8, 4) is 11.6 Å². The lowest BCUT2D eigenvalue weighted by Crippen LogP contribution is -2.36. The minimum absolute atomic E-state index is 0.00773. The fraction of sp³-hybridized carbons (Fsp3) is 0.190. The zero-order valence-electron chi connectivity index (χ0n) is 17.2. The van der Waals surface area contributed by atoms with E-state index in [1.807, 2.05) is 23.1 Å². The highest BCUT2D eigenvalue weighted by atomic mass is 35.5. The zero-order valence-corrected chi connectivity index (χ0v) is 17.9. The Morgan fingerprint density at radius 2 is 2.00 bits per heavy atom. The molecule has 1 N–H and O–H groups in total. The van der Waals surface area contributed by atoms with Gasteiger partial charge in [0, 0.05) is 24.9 Å². The number of H-pyrrole nitrogens is 1. The summed E-state index contributed by atoms with van der Waals surface area (Å²) >= 11 is 6.30.